The zero-order valence-electron chi connectivity index (χ0n) is 16.3. The minimum Gasteiger partial charge on any atom is -0.352 e. The number of carbonyl (C=O) groups excluding carboxylic acids is 4. The molecule has 0 atom stereocenters. The summed E-state index contributed by atoms with van der Waals surface area (Å²) in [5.74, 6) is -1.17. The molecular formula is C20H24ClN3O4. The van der Waals surface area contributed by atoms with Crippen LogP contribution in [0.5, 0.6) is 0 Å². The van der Waals surface area contributed by atoms with Gasteiger partial charge in [-0.15, -0.1) is 11.6 Å². The van der Waals surface area contributed by atoms with Crippen molar-refractivity contribution in [2.75, 3.05) is 19.0 Å². The van der Waals surface area contributed by atoms with Gasteiger partial charge in [-0.25, -0.2) is 0 Å². The summed E-state index contributed by atoms with van der Waals surface area (Å²) in [6.45, 7) is 6.41. The maximum Gasteiger partial charge on any atom is 0.262 e. The van der Waals surface area contributed by atoms with Crippen LogP contribution in [-0.2, 0) is 4.79 Å². The Morgan fingerprint density at radius 3 is 2.29 bits per heavy atom. The Labute approximate surface area is 169 Å². The highest BCUT2D eigenvalue weighted by Crippen LogP contribution is 2.30. The number of hydrogen-bond acceptors (Lipinski definition) is 4. The van der Waals surface area contributed by atoms with Crippen molar-refractivity contribution in [3.63, 3.8) is 0 Å². The van der Waals surface area contributed by atoms with Gasteiger partial charge in [-0.1, -0.05) is 0 Å². The van der Waals surface area contributed by atoms with Gasteiger partial charge in [0.15, 0.2) is 0 Å². The summed E-state index contributed by atoms with van der Waals surface area (Å²) in [6, 6.07) is 4.68. The second-order valence-electron chi connectivity index (χ2n) is 8.14. The molecule has 0 aliphatic carbocycles. The summed E-state index contributed by atoms with van der Waals surface area (Å²) in [5, 5.41) is 2.83. The number of halogens is 1. The summed E-state index contributed by atoms with van der Waals surface area (Å²) in [6.07, 6.45) is 1.29. The number of likely N-dealkylation sites (tertiary alicyclic amines) is 1. The molecule has 2 aliphatic heterocycles. The van der Waals surface area contributed by atoms with Crippen molar-refractivity contribution in [2.24, 2.45) is 0 Å². The summed E-state index contributed by atoms with van der Waals surface area (Å²) in [4.78, 5) is 52.4. The molecule has 1 aromatic rings. The van der Waals surface area contributed by atoms with E-state index < -0.39 is 5.54 Å². The molecule has 150 valence electrons. The van der Waals surface area contributed by atoms with Gasteiger partial charge in [-0.3, -0.25) is 24.1 Å². The summed E-state index contributed by atoms with van der Waals surface area (Å²) >= 11 is 5.51. The van der Waals surface area contributed by atoms with Crippen molar-refractivity contribution < 1.29 is 19.2 Å². The lowest BCUT2D eigenvalue weighted by Gasteiger charge is -2.32. The fourth-order valence-corrected chi connectivity index (χ4v) is 3.74. The molecule has 8 heteroatoms. The summed E-state index contributed by atoms with van der Waals surface area (Å²) in [7, 11) is 0. The minimum atomic E-state index is -0.632. The topological polar surface area (TPSA) is 86.8 Å². The number of alkyl halides is 1. The number of rotatable bonds is 3. The number of piperidine rings is 1. The predicted molar refractivity (Wildman–Crippen MR) is 104 cm³/mol. The van der Waals surface area contributed by atoms with Crippen LogP contribution in [0.15, 0.2) is 18.2 Å². The molecule has 7 nitrogen and oxygen atoms in total. The normalized spacial score (nSPS) is 17.7. The third-order valence-corrected chi connectivity index (χ3v) is 5.32. The van der Waals surface area contributed by atoms with Gasteiger partial charge in [0, 0.05) is 30.2 Å². The summed E-state index contributed by atoms with van der Waals surface area (Å²) < 4.78 is 0. The Kier molecular flexibility index (Phi) is 5.48. The van der Waals surface area contributed by atoms with Crippen molar-refractivity contribution in [2.45, 2.75) is 45.2 Å². The van der Waals surface area contributed by atoms with Crippen LogP contribution in [0.25, 0.3) is 0 Å². The van der Waals surface area contributed by atoms with Crippen LogP contribution in [0.3, 0.4) is 0 Å². The Bertz CT molecular complexity index is 838. The van der Waals surface area contributed by atoms with E-state index >= 15 is 0 Å². The molecule has 28 heavy (non-hydrogen) atoms. The molecule has 0 aromatic heterocycles. The SMILES string of the molecule is CC(C)(C)N1C(=O)c2ccc(C(=O)N3CCC(NC(=O)CCl)CC3)cc2C1=O. The van der Waals surface area contributed by atoms with Crippen LogP contribution >= 0.6 is 11.6 Å². The van der Waals surface area contributed by atoms with E-state index in [1.807, 2.05) is 0 Å². The molecule has 0 bridgehead atoms. The number of imide groups is 1. The van der Waals surface area contributed by atoms with E-state index in [1.165, 1.54) is 11.0 Å². The standard InChI is InChI=1S/C20H24ClN3O4/c1-20(2,3)24-18(27)14-5-4-12(10-15(14)19(24)28)17(26)23-8-6-13(7-9-23)22-16(25)11-21/h4-5,10,13H,6-9,11H2,1-3H3,(H,22,25). The zero-order chi connectivity index (χ0) is 20.6. The van der Waals surface area contributed by atoms with Crippen LogP contribution in [0.4, 0.5) is 0 Å². The van der Waals surface area contributed by atoms with E-state index in [2.05, 4.69) is 5.32 Å². The molecule has 1 fully saturated rings. The number of benzene rings is 1. The maximum atomic E-state index is 12.9. The van der Waals surface area contributed by atoms with Gasteiger partial charge < -0.3 is 10.2 Å². The Balaban J connectivity index is 1.73. The third kappa shape index (κ3) is 3.76. The van der Waals surface area contributed by atoms with Crippen LogP contribution in [0.1, 0.15) is 64.7 Å². The van der Waals surface area contributed by atoms with Gasteiger partial charge in [0.25, 0.3) is 17.7 Å². The van der Waals surface area contributed by atoms with E-state index in [1.54, 1.807) is 37.8 Å². The first-order valence-corrected chi connectivity index (χ1v) is 9.84. The van der Waals surface area contributed by atoms with Gasteiger partial charge >= 0.3 is 0 Å². The molecule has 1 saturated heterocycles. The van der Waals surface area contributed by atoms with E-state index in [0.717, 1.165) is 0 Å². The lowest BCUT2D eigenvalue weighted by molar-refractivity contribution is -0.119. The highest BCUT2D eigenvalue weighted by atomic mass is 35.5. The maximum absolute atomic E-state index is 12.9. The number of hydrogen-bond donors (Lipinski definition) is 1. The quantitative estimate of drug-likeness (QED) is 0.615. The first-order chi connectivity index (χ1) is 13.1. The molecule has 1 N–H and O–H groups in total. The molecule has 2 aliphatic rings. The number of nitrogens with one attached hydrogen (secondary N) is 1. The molecule has 4 amide bonds. The van der Waals surface area contributed by atoms with Crippen molar-refractivity contribution in [3.8, 4) is 0 Å². The highest BCUT2D eigenvalue weighted by molar-refractivity contribution is 6.27. The molecule has 3 rings (SSSR count). The fraction of sp³-hybridized carbons (Fsp3) is 0.500. The van der Waals surface area contributed by atoms with Crippen LogP contribution in [-0.4, -0.2) is 64.0 Å². The monoisotopic (exact) mass is 405 g/mol. The van der Waals surface area contributed by atoms with E-state index in [4.69, 9.17) is 11.6 Å². The van der Waals surface area contributed by atoms with E-state index in [0.29, 0.717) is 37.1 Å². The summed E-state index contributed by atoms with van der Waals surface area (Å²) in [5.41, 5.74) is 0.361. The lowest BCUT2D eigenvalue weighted by Crippen LogP contribution is -2.46. The van der Waals surface area contributed by atoms with Crippen molar-refractivity contribution in [1.29, 1.82) is 0 Å². The molecule has 0 unspecified atom stereocenters. The van der Waals surface area contributed by atoms with Gasteiger partial charge in [-0.2, -0.15) is 0 Å². The van der Waals surface area contributed by atoms with Gasteiger partial charge in [0.2, 0.25) is 5.91 Å². The average molecular weight is 406 g/mol. The zero-order valence-corrected chi connectivity index (χ0v) is 17.0. The van der Waals surface area contributed by atoms with Crippen LogP contribution in [0, 0.1) is 0 Å². The second-order valence-corrected chi connectivity index (χ2v) is 8.41. The Morgan fingerprint density at radius 2 is 1.71 bits per heavy atom. The highest BCUT2D eigenvalue weighted by Gasteiger charge is 2.42. The van der Waals surface area contributed by atoms with E-state index in [9.17, 15) is 19.2 Å². The Morgan fingerprint density at radius 1 is 1.11 bits per heavy atom. The molecule has 0 spiro atoms. The molecule has 0 saturated carbocycles. The number of carbonyl (C=O) groups is 4. The van der Waals surface area contributed by atoms with Crippen LogP contribution < -0.4 is 5.32 Å². The van der Waals surface area contributed by atoms with Crippen molar-refractivity contribution in [1.82, 2.24) is 15.1 Å². The number of amides is 4. The van der Waals surface area contributed by atoms with Crippen molar-refractivity contribution in [3.05, 3.63) is 34.9 Å². The first kappa shape index (κ1) is 20.3. The number of fused-ring (bicyclic) bond motifs is 1. The third-order valence-electron chi connectivity index (χ3n) is 5.07. The largest absolute Gasteiger partial charge is 0.352 e. The predicted octanol–water partition coefficient (Wildman–Crippen LogP) is 2.04. The van der Waals surface area contributed by atoms with Gasteiger partial charge in [0.05, 0.1) is 11.1 Å². The Hall–Kier alpha value is -2.41. The average Bonchev–Trinajstić information content (AvgIpc) is 2.91. The molecule has 2 heterocycles. The minimum absolute atomic E-state index is 0.00913. The van der Waals surface area contributed by atoms with E-state index in [-0.39, 0.29) is 41.1 Å². The second kappa shape index (κ2) is 7.54. The smallest absolute Gasteiger partial charge is 0.262 e. The van der Waals surface area contributed by atoms with Crippen molar-refractivity contribution >= 4 is 35.2 Å². The molecule has 0 radical (unpaired) electrons. The molecule has 1 aromatic carbocycles. The number of nitrogens with zero attached hydrogens (tertiary/aromatic N) is 2. The first-order valence-electron chi connectivity index (χ1n) is 9.31. The van der Waals surface area contributed by atoms with Gasteiger partial charge in [0.1, 0.15) is 5.88 Å². The molecular weight excluding hydrogens is 382 g/mol. The van der Waals surface area contributed by atoms with Gasteiger partial charge in [-0.05, 0) is 51.8 Å². The van der Waals surface area contributed by atoms with Crippen LogP contribution in [0.2, 0.25) is 0 Å². The fourth-order valence-electron chi connectivity index (χ4n) is 3.66. The lowest BCUT2D eigenvalue weighted by atomic mass is 10.0.